The predicted octanol–water partition coefficient (Wildman–Crippen LogP) is 1.82. The van der Waals surface area contributed by atoms with E-state index in [9.17, 15) is 9.59 Å². The van der Waals surface area contributed by atoms with Crippen LogP contribution < -0.4 is 10.5 Å². The highest BCUT2D eigenvalue weighted by Crippen LogP contribution is 2.12. The molecule has 0 aliphatic carbocycles. The number of unbranched alkanes of at least 4 members (excludes halogenated alkanes) is 1. The third-order valence-corrected chi connectivity index (χ3v) is 2.97. The highest BCUT2D eigenvalue weighted by atomic mass is 16.5. The van der Waals surface area contributed by atoms with Crippen molar-refractivity contribution in [3.8, 4) is 5.75 Å². The van der Waals surface area contributed by atoms with Gasteiger partial charge in [-0.05, 0) is 30.2 Å². The van der Waals surface area contributed by atoms with Gasteiger partial charge in [-0.1, -0.05) is 25.5 Å². The van der Waals surface area contributed by atoms with Crippen LogP contribution >= 0.6 is 0 Å². The highest BCUT2D eigenvalue weighted by molar-refractivity contribution is 5.94. The molecule has 0 aliphatic rings. The molecule has 1 aromatic rings. The molecule has 0 bridgehead atoms. The van der Waals surface area contributed by atoms with Gasteiger partial charge in [0, 0.05) is 12.6 Å². The average molecular weight is 290 g/mol. The van der Waals surface area contributed by atoms with Gasteiger partial charge >= 0.3 is 0 Å². The van der Waals surface area contributed by atoms with Gasteiger partial charge in [0.1, 0.15) is 5.75 Å². The van der Waals surface area contributed by atoms with Crippen LogP contribution in [0.4, 0.5) is 0 Å². The SMILES string of the molecule is CCCCN(CC(N)=O)C(=O)/C=C\c1ccc(OC)cc1. The summed E-state index contributed by atoms with van der Waals surface area (Å²) < 4.78 is 5.07. The van der Waals surface area contributed by atoms with E-state index in [1.54, 1.807) is 13.2 Å². The predicted molar refractivity (Wildman–Crippen MR) is 82.7 cm³/mol. The molecular formula is C16H22N2O3. The molecule has 0 saturated carbocycles. The molecule has 0 fully saturated rings. The van der Waals surface area contributed by atoms with E-state index in [0.29, 0.717) is 6.54 Å². The third kappa shape index (κ3) is 6.12. The number of primary amides is 1. The second kappa shape index (κ2) is 8.79. The fourth-order valence-electron chi connectivity index (χ4n) is 1.79. The zero-order chi connectivity index (χ0) is 15.7. The molecule has 0 radical (unpaired) electrons. The maximum absolute atomic E-state index is 12.1. The summed E-state index contributed by atoms with van der Waals surface area (Å²) in [6.45, 7) is 2.51. The molecule has 1 rings (SSSR count). The third-order valence-electron chi connectivity index (χ3n) is 2.97. The molecule has 0 atom stereocenters. The number of ether oxygens (including phenoxy) is 1. The fourth-order valence-corrected chi connectivity index (χ4v) is 1.79. The molecule has 0 spiro atoms. The van der Waals surface area contributed by atoms with Gasteiger partial charge in [-0.15, -0.1) is 0 Å². The molecule has 0 heterocycles. The molecule has 114 valence electrons. The molecule has 0 aromatic heterocycles. The molecule has 1 aromatic carbocycles. The van der Waals surface area contributed by atoms with Crippen molar-refractivity contribution in [3.05, 3.63) is 35.9 Å². The van der Waals surface area contributed by atoms with Crippen LogP contribution in [-0.4, -0.2) is 36.9 Å². The first-order valence-electron chi connectivity index (χ1n) is 6.96. The number of carbonyl (C=O) groups is 2. The fraction of sp³-hybridized carbons (Fsp3) is 0.375. The van der Waals surface area contributed by atoms with Gasteiger partial charge in [0.05, 0.1) is 13.7 Å². The Hall–Kier alpha value is -2.30. The summed E-state index contributed by atoms with van der Waals surface area (Å²) in [6.07, 6.45) is 4.96. The minimum Gasteiger partial charge on any atom is -0.497 e. The molecule has 0 saturated heterocycles. The van der Waals surface area contributed by atoms with Crippen LogP contribution in [-0.2, 0) is 9.59 Å². The number of carbonyl (C=O) groups excluding carboxylic acids is 2. The molecule has 0 unspecified atom stereocenters. The molecule has 5 nitrogen and oxygen atoms in total. The van der Waals surface area contributed by atoms with E-state index in [4.69, 9.17) is 10.5 Å². The first-order valence-corrected chi connectivity index (χ1v) is 6.96. The number of methoxy groups -OCH3 is 1. The van der Waals surface area contributed by atoms with Crippen LogP contribution in [0.15, 0.2) is 30.3 Å². The standard InChI is InChI=1S/C16H22N2O3/c1-3-4-11-18(12-15(17)19)16(20)10-7-13-5-8-14(21-2)9-6-13/h5-10H,3-4,11-12H2,1-2H3,(H2,17,19)/b10-7-. The second-order valence-corrected chi connectivity index (χ2v) is 4.69. The lowest BCUT2D eigenvalue weighted by Gasteiger charge is -2.18. The molecule has 2 amide bonds. The Bertz CT molecular complexity index is 495. The van der Waals surface area contributed by atoms with Gasteiger partial charge in [0.2, 0.25) is 11.8 Å². The number of hydrogen-bond donors (Lipinski definition) is 1. The van der Waals surface area contributed by atoms with Crippen LogP contribution in [0.2, 0.25) is 0 Å². The lowest BCUT2D eigenvalue weighted by atomic mass is 10.2. The Balaban J connectivity index is 2.69. The van der Waals surface area contributed by atoms with Crippen LogP contribution in [0.25, 0.3) is 6.08 Å². The lowest BCUT2D eigenvalue weighted by Crippen LogP contribution is -2.38. The van der Waals surface area contributed by atoms with Gasteiger partial charge in [-0.3, -0.25) is 9.59 Å². The van der Waals surface area contributed by atoms with Crippen LogP contribution in [0.3, 0.4) is 0 Å². The first kappa shape index (κ1) is 16.8. The number of hydrogen-bond acceptors (Lipinski definition) is 3. The van der Waals surface area contributed by atoms with Crippen molar-refractivity contribution in [2.45, 2.75) is 19.8 Å². The maximum atomic E-state index is 12.1. The van der Waals surface area contributed by atoms with E-state index in [1.807, 2.05) is 31.2 Å². The Labute approximate surface area is 125 Å². The van der Waals surface area contributed by atoms with E-state index in [2.05, 4.69) is 0 Å². The topological polar surface area (TPSA) is 72.6 Å². The summed E-state index contributed by atoms with van der Waals surface area (Å²) in [5, 5.41) is 0. The quantitative estimate of drug-likeness (QED) is 0.742. The maximum Gasteiger partial charge on any atom is 0.247 e. The van der Waals surface area contributed by atoms with E-state index in [0.717, 1.165) is 24.2 Å². The average Bonchev–Trinajstić information content (AvgIpc) is 2.49. The van der Waals surface area contributed by atoms with Gasteiger partial charge in [0.15, 0.2) is 0 Å². The Morgan fingerprint density at radius 3 is 2.48 bits per heavy atom. The lowest BCUT2D eigenvalue weighted by molar-refractivity contribution is -0.131. The van der Waals surface area contributed by atoms with Crippen molar-refractivity contribution in [2.75, 3.05) is 20.2 Å². The minimum atomic E-state index is -0.502. The van der Waals surface area contributed by atoms with Crippen molar-refractivity contribution in [1.82, 2.24) is 4.90 Å². The highest BCUT2D eigenvalue weighted by Gasteiger charge is 2.12. The van der Waals surface area contributed by atoms with E-state index in [1.165, 1.54) is 11.0 Å². The van der Waals surface area contributed by atoms with Crippen LogP contribution in [0.5, 0.6) is 5.75 Å². The summed E-state index contributed by atoms with van der Waals surface area (Å²) in [5.74, 6) is 0.0483. The Morgan fingerprint density at radius 2 is 1.95 bits per heavy atom. The first-order chi connectivity index (χ1) is 10.1. The van der Waals surface area contributed by atoms with Crippen molar-refractivity contribution in [2.24, 2.45) is 5.73 Å². The Kier molecular flexibility index (Phi) is 7.01. The van der Waals surface area contributed by atoms with E-state index in [-0.39, 0.29) is 12.5 Å². The summed E-state index contributed by atoms with van der Waals surface area (Å²) in [5.41, 5.74) is 6.06. The monoisotopic (exact) mass is 290 g/mol. The van der Waals surface area contributed by atoms with Gasteiger partial charge < -0.3 is 15.4 Å². The van der Waals surface area contributed by atoms with Crippen molar-refractivity contribution >= 4 is 17.9 Å². The number of nitrogens with zero attached hydrogens (tertiary/aromatic N) is 1. The zero-order valence-corrected chi connectivity index (χ0v) is 12.5. The summed E-state index contributed by atoms with van der Waals surface area (Å²) in [4.78, 5) is 24.6. The Morgan fingerprint density at radius 1 is 1.29 bits per heavy atom. The number of nitrogens with two attached hydrogens (primary N) is 1. The van der Waals surface area contributed by atoms with Crippen LogP contribution in [0.1, 0.15) is 25.3 Å². The normalized spacial score (nSPS) is 10.6. The second-order valence-electron chi connectivity index (χ2n) is 4.69. The van der Waals surface area contributed by atoms with Gasteiger partial charge in [-0.2, -0.15) is 0 Å². The van der Waals surface area contributed by atoms with Crippen molar-refractivity contribution in [1.29, 1.82) is 0 Å². The number of benzene rings is 1. The smallest absolute Gasteiger partial charge is 0.247 e. The number of amides is 2. The largest absolute Gasteiger partial charge is 0.497 e. The van der Waals surface area contributed by atoms with Gasteiger partial charge in [-0.25, -0.2) is 0 Å². The summed E-state index contributed by atoms with van der Waals surface area (Å²) >= 11 is 0. The van der Waals surface area contributed by atoms with Crippen molar-refractivity contribution < 1.29 is 14.3 Å². The van der Waals surface area contributed by atoms with E-state index < -0.39 is 5.91 Å². The van der Waals surface area contributed by atoms with Gasteiger partial charge in [0.25, 0.3) is 0 Å². The molecular weight excluding hydrogens is 268 g/mol. The molecule has 21 heavy (non-hydrogen) atoms. The molecule has 0 aliphatic heterocycles. The summed E-state index contributed by atoms with van der Waals surface area (Å²) in [7, 11) is 1.60. The van der Waals surface area contributed by atoms with Crippen molar-refractivity contribution in [3.63, 3.8) is 0 Å². The number of rotatable bonds is 8. The molecule has 2 N–H and O–H groups in total. The zero-order valence-electron chi connectivity index (χ0n) is 12.5. The summed E-state index contributed by atoms with van der Waals surface area (Å²) in [6, 6.07) is 7.35. The minimum absolute atomic E-state index is 0.0498. The van der Waals surface area contributed by atoms with E-state index >= 15 is 0 Å². The van der Waals surface area contributed by atoms with Crippen LogP contribution in [0, 0.1) is 0 Å². The molecule has 5 heteroatoms.